The number of ether oxygens (including phenoxy) is 2. The third-order valence-corrected chi connectivity index (χ3v) is 4.04. The van der Waals surface area contributed by atoms with Crippen molar-refractivity contribution in [2.45, 2.75) is 32.0 Å². The van der Waals surface area contributed by atoms with Crippen LogP contribution < -0.4 is 5.56 Å². The lowest BCUT2D eigenvalue weighted by molar-refractivity contribution is 0.00859. The molecule has 1 aliphatic heterocycles. The summed E-state index contributed by atoms with van der Waals surface area (Å²) >= 11 is 1.99. The fraction of sp³-hybridized carbons (Fsp3) is 0.636. The lowest BCUT2D eigenvalue weighted by Crippen LogP contribution is -2.29. The number of nitrogens with one attached hydrogen (secondary N) is 1. The smallest absolute Gasteiger partial charge is 0.264 e. The van der Waals surface area contributed by atoms with Crippen LogP contribution in [-0.4, -0.2) is 23.7 Å². The SMILES string of the molecule is COCc1nc(C2(C)CCCO2)[nH]c(=O)c1I. The van der Waals surface area contributed by atoms with Crippen LogP contribution in [0.4, 0.5) is 0 Å². The van der Waals surface area contributed by atoms with E-state index in [1.54, 1.807) is 7.11 Å². The normalized spacial score (nSPS) is 24.2. The molecular formula is C11H15IN2O3. The number of halogens is 1. The molecule has 1 fully saturated rings. The number of nitrogens with zero attached hydrogens (tertiary/aromatic N) is 1. The van der Waals surface area contributed by atoms with Gasteiger partial charge in [0, 0.05) is 13.7 Å². The molecule has 1 unspecified atom stereocenters. The first kappa shape index (κ1) is 13.0. The molecule has 0 saturated carbocycles. The molecule has 6 heteroatoms. The summed E-state index contributed by atoms with van der Waals surface area (Å²) in [7, 11) is 1.59. The number of aromatic nitrogens is 2. The highest BCUT2D eigenvalue weighted by molar-refractivity contribution is 14.1. The summed E-state index contributed by atoms with van der Waals surface area (Å²) in [6.45, 7) is 3.01. The molecule has 1 saturated heterocycles. The van der Waals surface area contributed by atoms with E-state index in [-0.39, 0.29) is 5.56 Å². The predicted octanol–water partition coefficient (Wildman–Crippen LogP) is 1.55. The van der Waals surface area contributed by atoms with Gasteiger partial charge in [-0.2, -0.15) is 0 Å². The molecule has 1 aliphatic rings. The Bertz CT molecular complexity index is 466. The van der Waals surface area contributed by atoms with Gasteiger partial charge in [0.15, 0.2) is 0 Å². The van der Waals surface area contributed by atoms with Gasteiger partial charge >= 0.3 is 0 Å². The lowest BCUT2D eigenvalue weighted by Gasteiger charge is -2.22. The van der Waals surface area contributed by atoms with Crippen molar-refractivity contribution in [3.05, 3.63) is 25.4 Å². The zero-order valence-electron chi connectivity index (χ0n) is 9.88. The Kier molecular flexibility index (Phi) is 3.84. The van der Waals surface area contributed by atoms with Gasteiger partial charge in [-0.15, -0.1) is 0 Å². The fourth-order valence-electron chi connectivity index (χ4n) is 1.95. The number of hydrogen-bond donors (Lipinski definition) is 1. The van der Waals surface area contributed by atoms with Crippen molar-refractivity contribution in [3.63, 3.8) is 0 Å². The van der Waals surface area contributed by atoms with E-state index in [0.717, 1.165) is 12.8 Å². The van der Waals surface area contributed by atoms with Gasteiger partial charge in [-0.1, -0.05) is 0 Å². The van der Waals surface area contributed by atoms with Crippen molar-refractivity contribution in [2.24, 2.45) is 0 Å². The molecule has 1 N–H and O–H groups in total. The van der Waals surface area contributed by atoms with Gasteiger partial charge in [0.05, 0.1) is 12.3 Å². The number of aromatic amines is 1. The van der Waals surface area contributed by atoms with E-state index in [1.165, 1.54) is 0 Å². The molecule has 0 aromatic carbocycles. The van der Waals surface area contributed by atoms with Gasteiger partial charge in [-0.05, 0) is 42.4 Å². The van der Waals surface area contributed by atoms with Gasteiger partial charge in [0.1, 0.15) is 15.0 Å². The van der Waals surface area contributed by atoms with Crippen molar-refractivity contribution in [3.8, 4) is 0 Å². The van der Waals surface area contributed by atoms with Crippen molar-refractivity contribution >= 4 is 22.6 Å². The zero-order chi connectivity index (χ0) is 12.5. The summed E-state index contributed by atoms with van der Waals surface area (Å²) in [5.74, 6) is 0.604. The summed E-state index contributed by atoms with van der Waals surface area (Å²) in [5.41, 5.74) is 0.0781. The maximum Gasteiger partial charge on any atom is 0.264 e. The number of rotatable bonds is 3. The van der Waals surface area contributed by atoms with Crippen LogP contribution in [0.3, 0.4) is 0 Å². The van der Waals surface area contributed by atoms with Crippen LogP contribution in [0.2, 0.25) is 0 Å². The number of methoxy groups -OCH3 is 1. The fourth-order valence-corrected chi connectivity index (χ4v) is 2.37. The summed E-state index contributed by atoms with van der Waals surface area (Å²) < 4.78 is 11.3. The summed E-state index contributed by atoms with van der Waals surface area (Å²) in [4.78, 5) is 19.1. The highest BCUT2D eigenvalue weighted by Crippen LogP contribution is 2.33. The topological polar surface area (TPSA) is 64.2 Å². The summed E-state index contributed by atoms with van der Waals surface area (Å²) in [6.07, 6.45) is 1.87. The lowest BCUT2D eigenvalue weighted by atomic mass is 10.0. The van der Waals surface area contributed by atoms with E-state index < -0.39 is 5.60 Å². The van der Waals surface area contributed by atoms with E-state index in [9.17, 15) is 4.79 Å². The first-order valence-corrected chi connectivity index (χ1v) is 6.57. The van der Waals surface area contributed by atoms with E-state index in [4.69, 9.17) is 9.47 Å². The molecule has 0 amide bonds. The van der Waals surface area contributed by atoms with Gasteiger partial charge in [0.2, 0.25) is 0 Å². The highest BCUT2D eigenvalue weighted by Gasteiger charge is 2.35. The average Bonchev–Trinajstić information content (AvgIpc) is 2.73. The van der Waals surface area contributed by atoms with Crippen LogP contribution in [-0.2, 0) is 21.7 Å². The second-order valence-corrected chi connectivity index (χ2v) is 5.37. The van der Waals surface area contributed by atoms with Crippen molar-refractivity contribution in [1.82, 2.24) is 9.97 Å². The van der Waals surface area contributed by atoms with Crippen molar-refractivity contribution in [1.29, 1.82) is 0 Å². The number of H-pyrrole nitrogens is 1. The van der Waals surface area contributed by atoms with Crippen LogP contribution in [0, 0.1) is 3.57 Å². The van der Waals surface area contributed by atoms with Gasteiger partial charge in [0.25, 0.3) is 5.56 Å². The Labute approximate surface area is 113 Å². The first-order valence-electron chi connectivity index (χ1n) is 5.49. The highest BCUT2D eigenvalue weighted by atomic mass is 127. The summed E-state index contributed by atoms with van der Waals surface area (Å²) in [6, 6.07) is 0. The maximum absolute atomic E-state index is 11.8. The Hall–Kier alpha value is -0.470. The third-order valence-electron chi connectivity index (χ3n) is 2.93. The molecule has 17 heavy (non-hydrogen) atoms. The second-order valence-electron chi connectivity index (χ2n) is 4.29. The molecule has 5 nitrogen and oxygen atoms in total. The minimum Gasteiger partial charge on any atom is -0.378 e. The molecule has 94 valence electrons. The summed E-state index contributed by atoms with van der Waals surface area (Å²) in [5, 5.41) is 0. The van der Waals surface area contributed by atoms with Crippen molar-refractivity contribution < 1.29 is 9.47 Å². The second kappa shape index (κ2) is 5.03. The Morgan fingerprint density at radius 1 is 1.65 bits per heavy atom. The number of hydrogen-bond acceptors (Lipinski definition) is 4. The minimum absolute atomic E-state index is 0.126. The molecule has 0 radical (unpaired) electrons. The monoisotopic (exact) mass is 350 g/mol. The molecule has 2 rings (SSSR count). The van der Waals surface area contributed by atoms with Gasteiger partial charge in [-0.25, -0.2) is 4.98 Å². The Balaban J connectivity index is 2.45. The molecular weight excluding hydrogens is 335 g/mol. The van der Waals surface area contributed by atoms with Crippen LogP contribution in [0.5, 0.6) is 0 Å². The van der Waals surface area contributed by atoms with Gasteiger partial charge in [-0.3, -0.25) is 4.79 Å². The average molecular weight is 350 g/mol. The van der Waals surface area contributed by atoms with E-state index in [1.807, 2.05) is 29.5 Å². The largest absolute Gasteiger partial charge is 0.378 e. The predicted molar refractivity (Wildman–Crippen MR) is 70.8 cm³/mol. The molecule has 1 aromatic heterocycles. The van der Waals surface area contributed by atoms with Crippen LogP contribution >= 0.6 is 22.6 Å². The molecule has 1 atom stereocenters. The maximum atomic E-state index is 11.8. The van der Waals surface area contributed by atoms with Crippen LogP contribution in [0.1, 0.15) is 31.3 Å². The minimum atomic E-state index is -0.466. The van der Waals surface area contributed by atoms with E-state index in [2.05, 4.69) is 9.97 Å². The zero-order valence-corrected chi connectivity index (χ0v) is 12.0. The Morgan fingerprint density at radius 3 is 3.00 bits per heavy atom. The van der Waals surface area contributed by atoms with Gasteiger partial charge < -0.3 is 14.5 Å². The molecule has 1 aromatic rings. The quantitative estimate of drug-likeness (QED) is 0.841. The third kappa shape index (κ3) is 2.53. The Morgan fingerprint density at radius 2 is 2.41 bits per heavy atom. The van der Waals surface area contributed by atoms with Crippen molar-refractivity contribution in [2.75, 3.05) is 13.7 Å². The molecule has 0 spiro atoms. The first-order chi connectivity index (χ1) is 8.07. The van der Waals surface area contributed by atoms with Crippen LogP contribution in [0.25, 0.3) is 0 Å². The molecule has 2 heterocycles. The molecule has 0 bridgehead atoms. The molecule has 0 aliphatic carbocycles. The van der Waals surface area contributed by atoms with E-state index >= 15 is 0 Å². The standard InChI is InChI=1S/C11H15IN2O3/c1-11(4-3-5-17-11)10-13-7(6-16-2)8(12)9(15)14-10/h3-6H2,1-2H3,(H,13,14,15). The van der Waals surface area contributed by atoms with E-state index in [0.29, 0.717) is 28.3 Å². The van der Waals surface area contributed by atoms with Crippen LogP contribution in [0.15, 0.2) is 4.79 Å².